The third-order valence-electron chi connectivity index (χ3n) is 3.50. The van der Waals surface area contributed by atoms with Gasteiger partial charge in [0.15, 0.2) is 5.54 Å². The Morgan fingerprint density at radius 2 is 2.04 bits per heavy atom. The molecular weight excluding hydrogens is 298 g/mol. The van der Waals surface area contributed by atoms with Gasteiger partial charge in [0.25, 0.3) is 5.91 Å². The second-order valence-electron chi connectivity index (χ2n) is 5.58. The van der Waals surface area contributed by atoms with Gasteiger partial charge in [0.05, 0.1) is 18.5 Å². The van der Waals surface area contributed by atoms with Crippen LogP contribution in [-0.4, -0.2) is 33.9 Å². The lowest BCUT2D eigenvalue weighted by Gasteiger charge is -2.19. The lowest BCUT2D eigenvalue weighted by atomic mass is 10.1. The molecule has 122 valence electrons. The molecule has 1 heterocycles. The molecule has 7 nitrogen and oxygen atoms in total. The summed E-state index contributed by atoms with van der Waals surface area (Å²) in [5.74, 6) is -1.31. The van der Waals surface area contributed by atoms with Crippen LogP contribution in [0, 0.1) is 0 Å². The molecule has 2 N–H and O–H groups in total. The summed E-state index contributed by atoms with van der Waals surface area (Å²) >= 11 is 0. The largest absolute Gasteiger partial charge is 0.479 e. The second kappa shape index (κ2) is 6.62. The van der Waals surface area contributed by atoms with Crippen LogP contribution in [0.15, 0.2) is 36.7 Å². The number of carbonyl (C=O) groups is 2. The first-order chi connectivity index (χ1) is 10.9. The van der Waals surface area contributed by atoms with Crippen molar-refractivity contribution in [1.29, 1.82) is 0 Å². The number of carbonyl (C=O) groups excluding carboxylic acids is 1. The van der Waals surface area contributed by atoms with Crippen LogP contribution < -0.4 is 5.32 Å². The van der Waals surface area contributed by atoms with Crippen molar-refractivity contribution >= 4 is 17.6 Å². The average Bonchev–Trinajstić information content (AvgIpc) is 2.97. The number of nitrogens with one attached hydrogen (secondary N) is 1. The predicted molar refractivity (Wildman–Crippen MR) is 84.3 cm³/mol. The molecule has 1 aromatic heterocycles. The van der Waals surface area contributed by atoms with Crippen molar-refractivity contribution in [2.75, 3.05) is 12.4 Å². The molecule has 0 unspecified atom stereocenters. The molecule has 0 atom stereocenters. The van der Waals surface area contributed by atoms with Crippen molar-refractivity contribution in [2.45, 2.75) is 26.0 Å². The average molecular weight is 317 g/mol. The fourth-order valence-electron chi connectivity index (χ4n) is 2.01. The quantitative estimate of drug-likeness (QED) is 0.851. The Bertz CT molecular complexity index is 722. The zero-order valence-corrected chi connectivity index (χ0v) is 13.2. The van der Waals surface area contributed by atoms with Crippen LogP contribution in [0.1, 0.15) is 29.8 Å². The van der Waals surface area contributed by atoms with E-state index in [1.165, 1.54) is 30.9 Å². The van der Waals surface area contributed by atoms with Crippen LogP contribution >= 0.6 is 0 Å². The third-order valence-corrected chi connectivity index (χ3v) is 3.50. The number of rotatable bonds is 6. The van der Waals surface area contributed by atoms with Gasteiger partial charge < -0.3 is 15.2 Å². The summed E-state index contributed by atoms with van der Waals surface area (Å²) < 4.78 is 6.38. The Labute approximate surface area is 133 Å². The number of carboxylic acids is 1. The van der Waals surface area contributed by atoms with E-state index in [9.17, 15) is 14.7 Å². The Kier molecular flexibility index (Phi) is 4.80. The molecule has 1 amide bonds. The predicted octanol–water partition coefficient (Wildman–Crippen LogP) is 2.10. The molecule has 2 aromatic rings. The maximum absolute atomic E-state index is 12.4. The second-order valence-corrected chi connectivity index (χ2v) is 5.58. The van der Waals surface area contributed by atoms with E-state index in [-0.39, 0.29) is 5.91 Å². The van der Waals surface area contributed by atoms with Gasteiger partial charge in [0.1, 0.15) is 0 Å². The summed E-state index contributed by atoms with van der Waals surface area (Å²) in [6.07, 6.45) is 2.91. The molecule has 0 aliphatic heterocycles. The summed E-state index contributed by atoms with van der Waals surface area (Å²) in [7, 11) is 1.56. The molecule has 23 heavy (non-hydrogen) atoms. The van der Waals surface area contributed by atoms with Crippen molar-refractivity contribution in [3.05, 3.63) is 47.8 Å². The van der Waals surface area contributed by atoms with Crippen LogP contribution in [0.2, 0.25) is 0 Å². The summed E-state index contributed by atoms with van der Waals surface area (Å²) in [5, 5.41) is 15.9. The van der Waals surface area contributed by atoms with Crippen LogP contribution in [0.5, 0.6) is 0 Å². The summed E-state index contributed by atoms with van der Waals surface area (Å²) in [6.45, 7) is 3.39. The van der Waals surface area contributed by atoms with E-state index in [4.69, 9.17) is 4.74 Å². The first-order valence-electron chi connectivity index (χ1n) is 7.03. The van der Waals surface area contributed by atoms with Gasteiger partial charge in [-0.3, -0.25) is 9.48 Å². The molecule has 2 rings (SSSR count). The highest BCUT2D eigenvalue weighted by atomic mass is 16.5. The van der Waals surface area contributed by atoms with Crippen LogP contribution in [0.4, 0.5) is 5.69 Å². The molecule has 1 aromatic carbocycles. The number of hydrogen-bond donors (Lipinski definition) is 2. The van der Waals surface area contributed by atoms with Crippen molar-refractivity contribution in [2.24, 2.45) is 0 Å². The minimum absolute atomic E-state index is 0.301. The van der Waals surface area contributed by atoms with E-state index in [0.717, 1.165) is 5.56 Å². The lowest BCUT2D eigenvalue weighted by Crippen LogP contribution is -2.35. The van der Waals surface area contributed by atoms with Gasteiger partial charge in [0, 0.05) is 18.9 Å². The number of ether oxygens (including phenoxy) is 1. The van der Waals surface area contributed by atoms with Gasteiger partial charge in [-0.05, 0) is 25.5 Å². The summed E-state index contributed by atoms with van der Waals surface area (Å²) in [6, 6.07) is 7.12. The Morgan fingerprint density at radius 3 is 2.70 bits per heavy atom. The number of hydrogen-bond acceptors (Lipinski definition) is 4. The third kappa shape index (κ3) is 3.57. The van der Waals surface area contributed by atoms with E-state index in [1.807, 2.05) is 12.1 Å². The minimum atomic E-state index is -1.20. The van der Waals surface area contributed by atoms with Gasteiger partial charge >= 0.3 is 5.97 Å². The maximum Gasteiger partial charge on any atom is 0.331 e. The zero-order chi connectivity index (χ0) is 17.0. The van der Waals surface area contributed by atoms with Crippen LogP contribution in [0.25, 0.3) is 0 Å². The molecule has 0 bridgehead atoms. The molecule has 0 radical (unpaired) electrons. The van der Waals surface area contributed by atoms with Gasteiger partial charge in [-0.15, -0.1) is 0 Å². The lowest BCUT2D eigenvalue weighted by molar-refractivity contribution is -0.146. The fraction of sp³-hybridized carbons (Fsp3) is 0.312. The Morgan fingerprint density at radius 1 is 1.35 bits per heavy atom. The van der Waals surface area contributed by atoms with Gasteiger partial charge in [-0.1, -0.05) is 18.2 Å². The fourth-order valence-corrected chi connectivity index (χ4v) is 2.01. The van der Waals surface area contributed by atoms with Gasteiger partial charge in [0.2, 0.25) is 0 Å². The van der Waals surface area contributed by atoms with E-state index in [2.05, 4.69) is 10.4 Å². The zero-order valence-electron chi connectivity index (χ0n) is 13.2. The number of methoxy groups -OCH3 is 1. The number of nitrogens with zero attached hydrogens (tertiary/aromatic N) is 2. The molecule has 7 heteroatoms. The highest BCUT2D eigenvalue weighted by molar-refractivity contribution is 6.05. The molecule has 0 aliphatic carbocycles. The van der Waals surface area contributed by atoms with E-state index in [0.29, 0.717) is 17.9 Å². The SMILES string of the molecule is COCc1ccccc1C(=O)Nc1cnn(C(C)(C)C(=O)O)c1. The van der Waals surface area contributed by atoms with Crippen LogP contribution in [0.3, 0.4) is 0 Å². The number of anilines is 1. The first-order valence-corrected chi connectivity index (χ1v) is 7.03. The number of aromatic nitrogens is 2. The number of carboxylic acid groups (broad SMARTS) is 1. The van der Waals surface area contributed by atoms with E-state index < -0.39 is 11.5 Å². The highest BCUT2D eigenvalue weighted by Gasteiger charge is 2.30. The number of amides is 1. The summed E-state index contributed by atoms with van der Waals surface area (Å²) in [4.78, 5) is 23.6. The number of aliphatic carboxylic acids is 1. The van der Waals surface area contributed by atoms with Gasteiger partial charge in [-0.2, -0.15) is 5.10 Å². The summed E-state index contributed by atoms with van der Waals surface area (Å²) in [5.41, 5.74) is 0.499. The topological polar surface area (TPSA) is 93.5 Å². The maximum atomic E-state index is 12.4. The minimum Gasteiger partial charge on any atom is -0.479 e. The van der Waals surface area contributed by atoms with Crippen molar-refractivity contribution in [3.8, 4) is 0 Å². The monoisotopic (exact) mass is 317 g/mol. The van der Waals surface area contributed by atoms with Crippen LogP contribution in [-0.2, 0) is 21.7 Å². The van der Waals surface area contributed by atoms with E-state index >= 15 is 0 Å². The molecule has 0 saturated heterocycles. The highest BCUT2D eigenvalue weighted by Crippen LogP contribution is 2.18. The molecule has 0 saturated carbocycles. The Hall–Kier alpha value is -2.67. The standard InChI is InChI=1S/C16H19N3O4/c1-16(2,15(21)22)19-9-12(8-17-19)18-14(20)13-7-5-4-6-11(13)10-23-3/h4-9H,10H2,1-3H3,(H,18,20)(H,21,22). The van der Waals surface area contributed by atoms with Gasteiger partial charge in [-0.25, -0.2) is 4.79 Å². The van der Waals surface area contributed by atoms with Crippen molar-refractivity contribution < 1.29 is 19.4 Å². The van der Waals surface area contributed by atoms with Crippen molar-refractivity contribution in [1.82, 2.24) is 9.78 Å². The molecular formula is C16H19N3O4. The normalized spacial score (nSPS) is 11.3. The van der Waals surface area contributed by atoms with Crippen molar-refractivity contribution in [3.63, 3.8) is 0 Å². The van der Waals surface area contributed by atoms with E-state index in [1.54, 1.807) is 19.2 Å². The first kappa shape index (κ1) is 16.7. The molecule has 0 spiro atoms. The molecule has 0 fully saturated rings. The molecule has 0 aliphatic rings. The smallest absolute Gasteiger partial charge is 0.331 e. The Balaban J connectivity index is 2.19. The number of benzene rings is 1.